The minimum atomic E-state index is 0.106. The molecule has 0 aromatic heterocycles. The number of nitrogens with two attached hydrogens (primary N) is 1. The molecule has 0 spiro atoms. The van der Waals surface area contributed by atoms with Crippen molar-refractivity contribution in [1.82, 2.24) is 15.5 Å². The number of rotatable bonds is 9. The third-order valence-corrected chi connectivity index (χ3v) is 7.14. The highest BCUT2D eigenvalue weighted by Crippen LogP contribution is 2.29. The standard InChI is InChI=1S/C24H42N4O3/c1-18-17-28(14-15-31-18)20-9-7-8-19(16-20)24(30)26-13-6-2-3-12-23(29)27-22-11-5-4-10-21(22)25/h19-22H,1-17,25H2,(H,26,30)(H,27,29). The molecule has 1 saturated heterocycles. The lowest BCUT2D eigenvalue weighted by Crippen LogP contribution is -2.49. The molecule has 4 unspecified atom stereocenters. The zero-order chi connectivity index (χ0) is 22.1. The van der Waals surface area contributed by atoms with E-state index < -0.39 is 0 Å². The van der Waals surface area contributed by atoms with Crippen molar-refractivity contribution in [2.75, 3.05) is 26.2 Å². The Bertz CT molecular complexity index is 612. The van der Waals surface area contributed by atoms with Crippen molar-refractivity contribution in [2.45, 2.75) is 95.2 Å². The Kier molecular flexibility index (Phi) is 9.65. The molecule has 0 radical (unpaired) electrons. The number of ether oxygens (including phenoxy) is 1. The van der Waals surface area contributed by atoms with Gasteiger partial charge in [0.05, 0.1) is 6.54 Å². The summed E-state index contributed by atoms with van der Waals surface area (Å²) in [5.74, 6) is 1.26. The lowest BCUT2D eigenvalue weighted by atomic mass is 9.84. The predicted octanol–water partition coefficient (Wildman–Crippen LogP) is 2.45. The van der Waals surface area contributed by atoms with Crippen LogP contribution in [0.1, 0.15) is 77.0 Å². The number of amides is 2. The van der Waals surface area contributed by atoms with Crippen LogP contribution in [0.5, 0.6) is 0 Å². The molecule has 0 aromatic rings. The second kappa shape index (κ2) is 12.4. The third-order valence-electron chi connectivity index (χ3n) is 7.14. The molecular weight excluding hydrogens is 392 g/mol. The Morgan fingerprint density at radius 3 is 2.74 bits per heavy atom. The summed E-state index contributed by atoms with van der Waals surface area (Å²) in [5.41, 5.74) is 6.10. The van der Waals surface area contributed by atoms with Crippen molar-refractivity contribution in [3.05, 3.63) is 12.3 Å². The number of carbonyl (C=O) groups excluding carboxylic acids is 2. The minimum absolute atomic E-state index is 0.106. The van der Waals surface area contributed by atoms with Crippen LogP contribution in [-0.2, 0) is 14.3 Å². The Morgan fingerprint density at radius 1 is 1.10 bits per heavy atom. The molecule has 31 heavy (non-hydrogen) atoms. The Morgan fingerprint density at radius 2 is 1.94 bits per heavy atom. The number of hydrogen-bond donors (Lipinski definition) is 3. The number of morpholine rings is 1. The quantitative estimate of drug-likeness (QED) is 0.485. The molecule has 3 aliphatic rings. The average molecular weight is 435 g/mol. The van der Waals surface area contributed by atoms with Gasteiger partial charge in [0.1, 0.15) is 12.4 Å². The lowest BCUT2D eigenvalue weighted by molar-refractivity contribution is -0.127. The number of carbonyl (C=O) groups is 2. The maximum atomic E-state index is 12.6. The molecule has 4 atom stereocenters. The molecule has 176 valence electrons. The van der Waals surface area contributed by atoms with Crippen LogP contribution in [0.4, 0.5) is 0 Å². The van der Waals surface area contributed by atoms with Crippen LogP contribution in [0.25, 0.3) is 0 Å². The molecule has 7 nitrogen and oxygen atoms in total. The van der Waals surface area contributed by atoms with Gasteiger partial charge in [-0.1, -0.05) is 32.3 Å². The topological polar surface area (TPSA) is 96.7 Å². The first-order valence-electron chi connectivity index (χ1n) is 12.4. The summed E-state index contributed by atoms with van der Waals surface area (Å²) in [4.78, 5) is 27.2. The second-order valence-corrected chi connectivity index (χ2v) is 9.60. The van der Waals surface area contributed by atoms with Gasteiger partial charge in [-0.15, -0.1) is 0 Å². The Labute approximate surface area is 187 Å². The predicted molar refractivity (Wildman–Crippen MR) is 122 cm³/mol. The average Bonchev–Trinajstić information content (AvgIpc) is 2.77. The Balaban J connectivity index is 1.25. The molecule has 3 rings (SSSR count). The van der Waals surface area contributed by atoms with Gasteiger partial charge >= 0.3 is 0 Å². The number of unbranched alkanes of at least 4 members (excludes halogenated alkanes) is 2. The van der Waals surface area contributed by atoms with E-state index in [1.807, 2.05) is 0 Å². The van der Waals surface area contributed by atoms with Crippen molar-refractivity contribution in [3.8, 4) is 0 Å². The van der Waals surface area contributed by atoms with Gasteiger partial charge in [0.25, 0.3) is 0 Å². The zero-order valence-corrected chi connectivity index (χ0v) is 19.1. The van der Waals surface area contributed by atoms with Crippen molar-refractivity contribution in [1.29, 1.82) is 0 Å². The van der Waals surface area contributed by atoms with Gasteiger partial charge in [-0.05, 0) is 44.9 Å². The zero-order valence-electron chi connectivity index (χ0n) is 19.1. The number of nitrogens with zero attached hydrogens (tertiary/aromatic N) is 1. The largest absolute Gasteiger partial charge is 0.496 e. The number of nitrogens with one attached hydrogen (secondary N) is 2. The summed E-state index contributed by atoms with van der Waals surface area (Å²) in [6.45, 7) is 7.07. The van der Waals surface area contributed by atoms with Gasteiger partial charge < -0.3 is 21.1 Å². The summed E-state index contributed by atoms with van der Waals surface area (Å²) in [7, 11) is 0. The lowest BCUT2D eigenvalue weighted by Gasteiger charge is -2.39. The van der Waals surface area contributed by atoms with Gasteiger partial charge in [0.2, 0.25) is 11.8 Å². The highest BCUT2D eigenvalue weighted by molar-refractivity contribution is 5.78. The van der Waals surface area contributed by atoms with Crippen LogP contribution in [0, 0.1) is 5.92 Å². The van der Waals surface area contributed by atoms with E-state index in [9.17, 15) is 9.59 Å². The molecule has 0 bridgehead atoms. The van der Waals surface area contributed by atoms with Crippen LogP contribution in [0.3, 0.4) is 0 Å². The van der Waals surface area contributed by atoms with Crippen LogP contribution >= 0.6 is 0 Å². The van der Waals surface area contributed by atoms with E-state index in [1.54, 1.807) is 0 Å². The van der Waals surface area contributed by atoms with Crippen LogP contribution in [0.15, 0.2) is 12.3 Å². The van der Waals surface area contributed by atoms with E-state index in [4.69, 9.17) is 10.5 Å². The van der Waals surface area contributed by atoms with Crippen LogP contribution < -0.4 is 16.4 Å². The molecule has 1 aliphatic heterocycles. The van der Waals surface area contributed by atoms with Gasteiger partial charge in [0, 0.05) is 43.6 Å². The normalized spacial score (nSPS) is 29.8. The van der Waals surface area contributed by atoms with Crippen molar-refractivity contribution >= 4 is 11.8 Å². The van der Waals surface area contributed by atoms with E-state index in [0.717, 1.165) is 83.1 Å². The summed E-state index contributed by atoms with van der Waals surface area (Å²) in [6, 6.07) is 0.714. The monoisotopic (exact) mass is 434 g/mol. The van der Waals surface area contributed by atoms with E-state index in [-0.39, 0.29) is 29.8 Å². The summed E-state index contributed by atoms with van der Waals surface area (Å²) >= 11 is 0. The molecule has 1 heterocycles. The molecular formula is C24H42N4O3. The third kappa shape index (κ3) is 7.79. The fourth-order valence-corrected chi connectivity index (χ4v) is 5.26. The highest BCUT2D eigenvalue weighted by Gasteiger charge is 2.31. The van der Waals surface area contributed by atoms with Gasteiger partial charge in [0.15, 0.2) is 0 Å². The fraction of sp³-hybridized carbons (Fsp3) is 0.833. The maximum Gasteiger partial charge on any atom is 0.223 e. The van der Waals surface area contributed by atoms with Crippen molar-refractivity contribution in [2.24, 2.45) is 11.7 Å². The SMILES string of the molecule is C=C1CN(C2CCCC(C(=O)NCCCCCC(=O)NC3CCCCC3N)C2)CCO1. The van der Waals surface area contributed by atoms with Gasteiger partial charge in [-0.2, -0.15) is 0 Å². The summed E-state index contributed by atoms with van der Waals surface area (Å²) in [5, 5.41) is 6.23. The molecule has 3 fully saturated rings. The number of hydrogen-bond acceptors (Lipinski definition) is 5. The van der Waals surface area contributed by atoms with E-state index in [2.05, 4.69) is 22.1 Å². The van der Waals surface area contributed by atoms with Crippen molar-refractivity contribution < 1.29 is 14.3 Å². The minimum Gasteiger partial charge on any atom is -0.496 e. The molecule has 4 N–H and O–H groups in total. The summed E-state index contributed by atoms with van der Waals surface area (Å²) < 4.78 is 5.47. The van der Waals surface area contributed by atoms with Crippen LogP contribution in [-0.4, -0.2) is 61.1 Å². The van der Waals surface area contributed by atoms with E-state index in [1.165, 1.54) is 6.42 Å². The molecule has 2 aliphatic carbocycles. The fourth-order valence-electron chi connectivity index (χ4n) is 5.26. The first kappa shape index (κ1) is 24.1. The van der Waals surface area contributed by atoms with Gasteiger partial charge in [-0.25, -0.2) is 0 Å². The Hall–Kier alpha value is -1.60. The van der Waals surface area contributed by atoms with Crippen LogP contribution in [0.2, 0.25) is 0 Å². The molecule has 2 amide bonds. The highest BCUT2D eigenvalue weighted by atomic mass is 16.5. The summed E-state index contributed by atoms with van der Waals surface area (Å²) in [6.07, 6.45) is 11.8. The maximum absolute atomic E-state index is 12.6. The molecule has 2 saturated carbocycles. The van der Waals surface area contributed by atoms with Gasteiger partial charge in [-0.3, -0.25) is 14.5 Å². The second-order valence-electron chi connectivity index (χ2n) is 9.60. The van der Waals surface area contributed by atoms with E-state index in [0.29, 0.717) is 25.6 Å². The van der Waals surface area contributed by atoms with Crippen molar-refractivity contribution in [3.63, 3.8) is 0 Å². The molecule has 0 aromatic carbocycles. The van der Waals surface area contributed by atoms with E-state index >= 15 is 0 Å². The first-order valence-corrected chi connectivity index (χ1v) is 12.4. The first-order chi connectivity index (χ1) is 15.0. The molecule has 7 heteroatoms. The smallest absolute Gasteiger partial charge is 0.223 e.